The molecule has 0 spiro atoms. The molecule has 1 fully saturated rings. The molecule has 1 heterocycles. The largest absolute Gasteiger partial charge is 0.374 e. The molecule has 2 rings (SSSR count). The fourth-order valence-electron chi connectivity index (χ4n) is 2.62. The van der Waals surface area contributed by atoms with Crippen molar-refractivity contribution in [3.05, 3.63) is 35.6 Å². The minimum Gasteiger partial charge on any atom is -0.374 e. The van der Waals surface area contributed by atoms with Crippen molar-refractivity contribution in [2.45, 2.75) is 19.6 Å². The molecule has 0 saturated carbocycles. The van der Waals surface area contributed by atoms with E-state index in [0.717, 1.165) is 37.8 Å². The SMILES string of the molecule is CCNC(=NCC1CN(C)CCO1)N(C)Cc1cccc(F)c1. The van der Waals surface area contributed by atoms with E-state index in [-0.39, 0.29) is 11.9 Å². The monoisotopic (exact) mass is 322 g/mol. The number of rotatable bonds is 5. The maximum Gasteiger partial charge on any atom is 0.194 e. The lowest BCUT2D eigenvalue weighted by molar-refractivity contribution is -0.0137. The summed E-state index contributed by atoms with van der Waals surface area (Å²) in [6, 6.07) is 6.66. The van der Waals surface area contributed by atoms with E-state index in [0.29, 0.717) is 13.1 Å². The number of likely N-dealkylation sites (N-methyl/N-ethyl adjacent to an activating group) is 1. The molecule has 6 heteroatoms. The standard InChI is InChI=1S/C17H27FN4O/c1-4-19-17(20-11-16-13-21(2)8-9-23-16)22(3)12-14-6-5-7-15(18)10-14/h5-7,10,16H,4,8-9,11-13H2,1-3H3,(H,19,20). The molecule has 1 unspecified atom stereocenters. The van der Waals surface area contributed by atoms with Gasteiger partial charge in [-0.2, -0.15) is 0 Å². The summed E-state index contributed by atoms with van der Waals surface area (Å²) in [4.78, 5) is 8.94. The lowest BCUT2D eigenvalue weighted by atomic mass is 10.2. The summed E-state index contributed by atoms with van der Waals surface area (Å²) in [6.07, 6.45) is 0.130. The first-order valence-corrected chi connectivity index (χ1v) is 8.12. The molecule has 1 aliphatic rings. The van der Waals surface area contributed by atoms with Crippen LogP contribution in [0.5, 0.6) is 0 Å². The molecule has 1 aromatic carbocycles. The van der Waals surface area contributed by atoms with Crippen LogP contribution in [0.25, 0.3) is 0 Å². The van der Waals surface area contributed by atoms with E-state index in [2.05, 4.69) is 22.3 Å². The van der Waals surface area contributed by atoms with Gasteiger partial charge in [-0.25, -0.2) is 4.39 Å². The van der Waals surface area contributed by atoms with Gasteiger partial charge in [0.15, 0.2) is 5.96 Å². The Morgan fingerprint density at radius 2 is 2.35 bits per heavy atom. The number of hydrogen-bond acceptors (Lipinski definition) is 3. The summed E-state index contributed by atoms with van der Waals surface area (Å²) in [5.41, 5.74) is 0.923. The van der Waals surface area contributed by atoms with Crippen molar-refractivity contribution in [3.63, 3.8) is 0 Å². The second kappa shape index (κ2) is 8.84. The first-order chi connectivity index (χ1) is 11.1. The molecule has 23 heavy (non-hydrogen) atoms. The molecule has 1 atom stereocenters. The Balaban J connectivity index is 1.96. The number of guanidine groups is 1. The van der Waals surface area contributed by atoms with Crippen LogP contribution in [0, 0.1) is 5.82 Å². The van der Waals surface area contributed by atoms with Gasteiger partial charge in [0.2, 0.25) is 0 Å². The lowest BCUT2D eigenvalue weighted by Crippen LogP contribution is -2.43. The maximum absolute atomic E-state index is 13.3. The van der Waals surface area contributed by atoms with Crippen LogP contribution in [-0.4, -0.2) is 68.7 Å². The molecule has 128 valence electrons. The van der Waals surface area contributed by atoms with E-state index in [1.54, 1.807) is 12.1 Å². The van der Waals surface area contributed by atoms with Crippen molar-refractivity contribution >= 4 is 5.96 Å². The van der Waals surface area contributed by atoms with Crippen molar-refractivity contribution in [1.29, 1.82) is 0 Å². The highest BCUT2D eigenvalue weighted by Crippen LogP contribution is 2.07. The Bertz CT molecular complexity index is 523. The molecule has 0 aliphatic carbocycles. The predicted octanol–water partition coefficient (Wildman–Crippen LogP) is 1.55. The number of halogens is 1. The van der Waals surface area contributed by atoms with E-state index in [4.69, 9.17) is 4.74 Å². The van der Waals surface area contributed by atoms with Crippen molar-refractivity contribution < 1.29 is 9.13 Å². The summed E-state index contributed by atoms with van der Waals surface area (Å²) >= 11 is 0. The van der Waals surface area contributed by atoms with Crippen LogP contribution in [0.1, 0.15) is 12.5 Å². The lowest BCUT2D eigenvalue weighted by Gasteiger charge is -2.29. The average Bonchev–Trinajstić information content (AvgIpc) is 2.51. The number of hydrogen-bond donors (Lipinski definition) is 1. The van der Waals surface area contributed by atoms with Crippen LogP contribution < -0.4 is 5.32 Å². The van der Waals surface area contributed by atoms with Crippen molar-refractivity contribution in [2.75, 3.05) is 46.9 Å². The van der Waals surface area contributed by atoms with Gasteiger partial charge >= 0.3 is 0 Å². The first kappa shape index (κ1) is 17.7. The van der Waals surface area contributed by atoms with Crippen LogP contribution in [0.3, 0.4) is 0 Å². The van der Waals surface area contributed by atoms with E-state index < -0.39 is 0 Å². The molecule has 1 N–H and O–H groups in total. The van der Waals surface area contributed by atoms with Crippen LogP contribution in [0.2, 0.25) is 0 Å². The third kappa shape index (κ3) is 5.80. The van der Waals surface area contributed by atoms with Crippen molar-refractivity contribution in [1.82, 2.24) is 15.1 Å². The van der Waals surface area contributed by atoms with Crippen molar-refractivity contribution in [2.24, 2.45) is 4.99 Å². The minimum atomic E-state index is -0.212. The zero-order chi connectivity index (χ0) is 16.7. The van der Waals surface area contributed by atoms with Crippen LogP contribution in [0.15, 0.2) is 29.3 Å². The number of benzene rings is 1. The number of aliphatic imine (C=N–C) groups is 1. The summed E-state index contributed by atoms with van der Waals surface area (Å²) in [5, 5.41) is 3.28. The topological polar surface area (TPSA) is 40.1 Å². The zero-order valence-corrected chi connectivity index (χ0v) is 14.3. The molecule has 1 aliphatic heterocycles. The Morgan fingerprint density at radius 1 is 1.52 bits per heavy atom. The molecule has 1 saturated heterocycles. The van der Waals surface area contributed by atoms with Crippen LogP contribution in [0.4, 0.5) is 4.39 Å². The zero-order valence-electron chi connectivity index (χ0n) is 14.3. The Labute approximate surface area is 138 Å². The van der Waals surface area contributed by atoms with E-state index in [1.807, 2.05) is 24.9 Å². The Kier molecular flexibility index (Phi) is 6.80. The molecule has 0 bridgehead atoms. The third-order valence-corrected chi connectivity index (χ3v) is 3.79. The van der Waals surface area contributed by atoms with Gasteiger partial charge in [-0.05, 0) is 31.7 Å². The average molecular weight is 322 g/mol. The number of morpholine rings is 1. The van der Waals surface area contributed by atoms with E-state index in [1.165, 1.54) is 6.07 Å². The second-order valence-corrected chi connectivity index (χ2v) is 5.94. The van der Waals surface area contributed by atoms with Gasteiger partial charge in [0.1, 0.15) is 5.82 Å². The van der Waals surface area contributed by atoms with Crippen LogP contribution in [-0.2, 0) is 11.3 Å². The fraction of sp³-hybridized carbons (Fsp3) is 0.588. The maximum atomic E-state index is 13.3. The summed E-state index contributed by atoms with van der Waals surface area (Å²) in [5.74, 6) is 0.602. The van der Waals surface area contributed by atoms with Gasteiger partial charge in [-0.1, -0.05) is 12.1 Å². The Morgan fingerprint density at radius 3 is 3.04 bits per heavy atom. The highest BCUT2D eigenvalue weighted by Gasteiger charge is 2.17. The molecule has 0 aromatic heterocycles. The first-order valence-electron chi connectivity index (χ1n) is 8.12. The highest BCUT2D eigenvalue weighted by atomic mass is 19.1. The van der Waals surface area contributed by atoms with Gasteiger partial charge in [0.05, 0.1) is 19.3 Å². The van der Waals surface area contributed by atoms with Gasteiger partial charge in [0, 0.05) is 33.2 Å². The summed E-state index contributed by atoms with van der Waals surface area (Å²) in [7, 11) is 4.06. The summed E-state index contributed by atoms with van der Waals surface area (Å²) in [6.45, 7) is 6.69. The number of nitrogens with one attached hydrogen (secondary N) is 1. The molecule has 0 amide bonds. The molecular weight excluding hydrogens is 295 g/mol. The van der Waals surface area contributed by atoms with Crippen LogP contribution >= 0.6 is 0 Å². The molecule has 5 nitrogen and oxygen atoms in total. The number of nitrogens with zero attached hydrogens (tertiary/aromatic N) is 3. The van der Waals surface area contributed by atoms with Gasteiger partial charge in [-0.15, -0.1) is 0 Å². The summed E-state index contributed by atoms with van der Waals surface area (Å²) < 4.78 is 19.1. The predicted molar refractivity (Wildman–Crippen MR) is 91.1 cm³/mol. The minimum absolute atomic E-state index is 0.130. The molecular formula is C17H27FN4O. The second-order valence-electron chi connectivity index (χ2n) is 5.94. The van der Waals surface area contributed by atoms with Gasteiger partial charge < -0.3 is 19.9 Å². The fourth-order valence-corrected chi connectivity index (χ4v) is 2.62. The van der Waals surface area contributed by atoms with E-state index in [9.17, 15) is 4.39 Å². The van der Waals surface area contributed by atoms with Gasteiger partial charge in [-0.3, -0.25) is 4.99 Å². The third-order valence-electron chi connectivity index (χ3n) is 3.79. The normalized spacial score (nSPS) is 19.7. The smallest absolute Gasteiger partial charge is 0.194 e. The van der Waals surface area contributed by atoms with Crippen molar-refractivity contribution in [3.8, 4) is 0 Å². The Hall–Kier alpha value is -1.66. The van der Waals surface area contributed by atoms with Gasteiger partial charge in [0.25, 0.3) is 0 Å². The molecule has 1 aromatic rings. The molecule has 0 radical (unpaired) electrons. The van der Waals surface area contributed by atoms with E-state index >= 15 is 0 Å². The highest BCUT2D eigenvalue weighted by molar-refractivity contribution is 5.79. The number of ether oxygens (including phenoxy) is 1. The quantitative estimate of drug-likeness (QED) is 0.660.